The van der Waals surface area contributed by atoms with E-state index >= 15 is 0 Å². The van der Waals surface area contributed by atoms with Crippen LogP contribution in [0.2, 0.25) is 5.02 Å². The van der Waals surface area contributed by atoms with E-state index in [2.05, 4.69) is 45.4 Å². The lowest BCUT2D eigenvalue weighted by Crippen LogP contribution is -2.49. The summed E-state index contributed by atoms with van der Waals surface area (Å²) in [5.74, 6) is -0.699. The third-order valence-electron chi connectivity index (χ3n) is 13.6. The molecule has 398 valence electrons. The molecule has 0 bridgehead atoms. The molecule has 22 heteroatoms. The second-order valence-corrected chi connectivity index (χ2v) is 28.7. The van der Waals surface area contributed by atoms with Crippen LogP contribution >= 0.6 is 31.0 Å². The Hall–Kier alpha value is -3.79. The first-order valence-corrected chi connectivity index (χ1v) is 32.8. The fraction of sp³-hybridized carbons (Fsp3) is 0.471. The maximum absolute atomic E-state index is 13.9. The number of amides is 1. The predicted octanol–water partition coefficient (Wildman–Crippen LogP) is 7.76. The standard InChI is InChI=1S/C51H68ClN6O10PS4/c1-6-68-69(60,61)38-56-28-26-54(27-29-56)25-23-44(37-70-45-10-8-7-9-11-45)58(72(5,64)65)48-21-20-46(34-49(48)71(4,62)63)73(66,67)53-50(59)40-14-18-43(19-15-40)57-32-30-55(31-33-57)36-41-35-51(2,3)24-22-47(41)39-12-16-42(52)17-13-39/h7-21,34,44H,6,22-33,35-38H2,1-5H3,(H,53,59)(H,60,61)/t44-/m1/s1. The quantitative estimate of drug-likeness (QED) is 0.0607. The third kappa shape index (κ3) is 15.7. The summed E-state index contributed by atoms with van der Waals surface area (Å²) in [6.07, 6.45) is 5.21. The van der Waals surface area contributed by atoms with Gasteiger partial charge in [0.15, 0.2) is 9.84 Å². The van der Waals surface area contributed by atoms with Gasteiger partial charge in [-0.15, -0.1) is 11.8 Å². The molecule has 2 saturated heterocycles. The number of nitrogens with zero attached hydrogens (tertiary/aromatic N) is 5. The van der Waals surface area contributed by atoms with Crippen molar-refractivity contribution in [3.63, 3.8) is 0 Å². The van der Waals surface area contributed by atoms with Gasteiger partial charge in [-0.25, -0.2) is 30.0 Å². The highest BCUT2D eigenvalue weighted by Gasteiger charge is 2.35. The number of carbonyl (C=O) groups is 1. The molecular formula is C51H68ClN6O10PS4. The minimum absolute atomic E-state index is 0.0785. The van der Waals surface area contributed by atoms with Gasteiger partial charge in [0.1, 0.15) is 6.29 Å². The second-order valence-electron chi connectivity index (χ2n) is 19.9. The van der Waals surface area contributed by atoms with E-state index in [1.807, 2.05) is 47.4 Å². The van der Waals surface area contributed by atoms with Gasteiger partial charge in [-0.2, -0.15) is 0 Å². The summed E-state index contributed by atoms with van der Waals surface area (Å²) in [6.45, 7) is 13.0. The van der Waals surface area contributed by atoms with Crippen molar-refractivity contribution in [2.45, 2.75) is 67.2 Å². The molecule has 7 rings (SSSR count). The van der Waals surface area contributed by atoms with E-state index in [0.29, 0.717) is 32.7 Å². The molecule has 2 N–H and O–H groups in total. The SMILES string of the molecule is CCOP(=O)(O)CN1CCN(CC[C@H](CSc2ccccc2)N(c2ccc(S(=O)(=O)NC(=O)c3ccc(N4CCN(CC5=C(c6ccc(Cl)cc6)CCC(C)(C)C5)CC4)cc3)cc2S(C)(=O)=O)S(C)(=O)=O)CC1. The van der Waals surface area contributed by atoms with E-state index in [9.17, 15) is 39.5 Å². The summed E-state index contributed by atoms with van der Waals surface area (Å²) in [7, 11) is -16.9. The van der Waals surface area contributed by atoms with Crippen molar-refractivity contribution in [3.05, 3.63) is 119 Å². The molecule has 1 amide bonds. The normalized spacial score (nSPS) is 18.8. The Labute approximate surface area is 441 Å². The molecule has 0 aromatic heterocycles. The number of anilines is 2. The highest BCUT2D eigenvalue weighted by Crippen LogP contribution is 2.44. The first-order chi connectivity index (χ1) is 34.4. The van der Waals surface area contributed by atoms with Crippen molar-refractivity contribution in [1.29, 1.82) is 0 Å². The zero-order valence-electron chi connectivity index (χ0n) is 42.2. The molecule has 2 atom stereocenters. The van der Waals surface area contributed by atoms with Crippen molar-refractivity contribution in [2.24, 2.45) is 5.41 Å². The van der Waals surface area contributed by atoms with Gasteiger partial charge in [-0.3, -0.25) is 23.5 Å². The topological polar surface area (TPSA) is 194 Å². The molecule has 2 aliphatic heterocycles. The molecule has 2 fully saturated rings. The first kappa shape index (κ1) is 56.9. The van der Waals surface area contributed by atoms with Crippen LogP contribution in [-0.4, -0.2) is 153 Å². The Morgan fingerprint density at radius 1 is 0.849 bits per heavy atom. The monoisotopic (exact) mass is 1120 g/mol. The number of halogens is 1. The van der Waals surface area contributed by atoms with E-state index in [0.717, 1.165) is 96.5 Å². The fourth-order valence-corrected chi connectivity index (χ4v) is 15.6. The van der Waals surface area contributed by atoms with Gasteiger partial charge in [0.25, 0.3) is 15.9 Å². The van der Waals surface area contributed by atoms with E-state index in [1.54, 1.807) is 31.2 Å². The smallest absolute Gasteiger partial charge is 0.341 e. The molecule has 4 aromatic rings. The molecule has 0 radical (unpaired) electrons. The lowest BCUT2D eigenvalue weighted by atomic mass is 9.73. The van der Waals surface area contributed by atoms with Gasteiger partial charge >= 0.3 is 7.60 Å². The van der Waals surface area contributed by atoms with Crippen LogP contribution in [0.4, 0.5) is 11.4 Å². The average Bonchev–Trinajstić information content (AvgIpc) is 3.32. The van der Waals surface area contributed by atoms with E-state index in [4.69, 9.17) is 16.1 Å². The number of carbonyl (C=O) groups excluding carboxylic acids is 1. The minimum atomic E-state index is -4.67. The van der Waals surface area contributed by atoms with Crippen LogP contribution in [0.5, 0.6) is 0 Å². The molecular weight excluding hydrogens is 1050 g/mol. The van der Waals surface area contributed by atoms with Crippen LogP contribution in [0.3, 0.4) is 0 Å². The van der Waals surface area contributed by atoms with Crippen molar-refractivity contribution < 1.29 is 44.0 Å². The number of nitrogens with one attached hydrogen (secondary N) is 1. The molecule has 16 nitrogen and oxygen atoms in total. The molecule has 0 saturated carbocycles. The van der Waals surface area contributed by atoms with E-state index in [-0.39, 0.29) is 41.7 Å². The van der Waals surface area contributed by atoms with Crippen molar-refractivity contribution in [3.8, 4) is 0 Å². The number of rotatable bonds is 21. The summed E-state index contributed by atoms with van der Waals surface area (Å²) in [5.41, 5.74) is 5.08. The molecule has 1 aliphatic carbocycles. The maximum Gasteiger partial charge on any atom is 0.341 e. The first-order valence-electron chi connectivity index (χ1n) is 24.4. The zero-order chi connectivity index (χ0) is 52.8. The van der Waals surface area contributed by atoms with Crippen molar-refractivity contribution in [2.75, 3.05) is 106 Å². The average molecular weight is 1120 g/mol. The molecule has 73 heavy (non-hydrogen) atoms. The van der Waals surface area contributed by atoms with Crippen molar-refractivity contribution >= 4 is 83.7 Å². The lowest BCUT2D eigenvalue weighted by molar-refractivity contribution is 0.0981. The number of sulfonamides is 2. The molecule has 1 unspecified atom stereocenters. The highest BCUT2D eigenvalue weighted by atomic mass is 35.5. The van der Waals surface area contributed by atoms with Gasteiger partial charge in [0, 0.05) is 98.6 Å². The Balaban J connectivity index is 1.03. The Morgan fingerprint density at radius 3 is 2.10 bits per heavy atom. The summed E-state index contributed by atoms with van der Waals surface area (Å²) in [4.78, 5) is 32.2. The predicted molar refractivity (Wildman–Crippen MR) is 293 cm³/mol. The number of sulfone groups is 1. The molecule has 4 aromatic carbocycles. The zero-order valence-corrected chi connectivity index (χ0v) is 47.1. The second kappa shape index (κ2) is 24.0. The van der Waals surface area contributed by atoms with Gasteiger partial charge in [0.05, 0.1) is 34.4 Å². The summed E-state index contributed by atoms with van der Waals surface area (Å²) < 4.78 is 103. The van der Waals surface area contributed by atoms with Crippen LogP contribution in [0.1, 0.15) is 62.4 Å². The van der Waals surface area contributed by atoms with Crippen LogP contribution in [0.15, 0.2) is 117 Å². The van der Waals surface area contributed by atoms with Gasteiger partial charge < -0.3 is 19.2 Å². The van der Waals surface area contributed by atoms with Crippen LogP contribution in [0.25, 0.3) is 5.57 Å². The molecule has 2 heterocycles. The molecule has 0 spiro atoms. The van der Waals surface area contributed by atoms with Gasteiger partial charge in [-0.1, -0.05) is 61.4 Å². The number of piperazine rings is 2. The highest BCUT2D eigenvalue weighted by molar-refractivity contribution is 7.99. The third-order valence-corrected chi connectivity index (χ3v) is 20.1. The van der Waals surface area contributed by atoms with E-state index < -0.39 is 59.2 Å². The number of allylic oxidation sites excluding steroid dienone is 1. The van der Waals surface area contributed by atoms with Crippen LogP contribution in [0, 0.1) is 5.41 Å². The largest absolute Gasteiger partial charge is 0.369 e. The molecule has 3 aliphatic rings. The maximum atomic E-state index is 13.9. The fourth-order valence-electron chi connectivity index (χ4n) is 9.81. The Bertz CT molecular complexity index is 2990. The van der Waals surface area contributed by atoms with Gasteiger partial charge in [0.2, 0.25) is 10.0 Å². The van der Waals surface area contributed by atoms with Gasteiger partial charge in [-0.05, 0) is 116 Å². The van der Waals surface area contributed by atoms with Crippen LogP contribution < -0.4 is 13.9 Å². The number of benzene rings is 4. The van der Waals surface area contributed by atoms with E-state index in [1.165, 1.54) is 34.5 Å². The number of hydrogen-bond acceptors (Lipinski definition) is 14. The minimum Gasteiger partial charge on any atom is -0.369 e. The summed E-state index contributed by atoms with van der Waals surface area (Å²) in [5, 5.41) is 0.722. The number of thioether (sulfide) groups is 1. The Morgan fingerprint density at radius 2 is 1.48 bits per heavy atom. The van der Waals surface area contributed by atoms with Crippen molar-refractivity contribution in [1.82, 2.24) is 19.4 Å². The lowest BCUT2D eigenvalue weighted by Gasteiger charge is -2.39. The summed E-state index contributed by atoms with van der Waals surface area (Å²) >= 11 is 7.61. The Kier molecular flexibility index (Phi) is 18.7. The number of hydrogen-bond donors (Lipinski definition) is 2. The van der Waals surface area contributed by atoms with Crippen LogP contribution in [-0.2, 0) is 39.0 Å². The summed E-state index contributed by atoms with van der Waals surface area (Å²) in [6, 6.07) is 26.5.